The van der Waals surface area contributed by atoms with Crippen LogP contribution in [0.1, 0.15) is 16.7 Å². The summed E-state index contributed by atoms with van der Waals surface area (Å²) in [7, 11) is 0. The smallest absolute Gasteiger partial charge is 0.329 e. The Balaban J connectivity index is 1.07. The van der Waals surface area contributed by atoms with Crippen LogP contribution in [-0.4, -0.2) is 150 Å². The van der Waals surface area contributed by atoms with Crippen LogP contribution in [0.4, 0.5) is 0 Å². The van der Waals surface area contributed by atoms with Crippen molar-refractivity contribution < 1.29 is 62.0 Å². The second-order valence-corrected chi connectivity index (χ2v) is 11.6. The van der Waals surface area contributed by atoms with Crippen LogP contribution < -0.4 is 0 Å². The lowest BCUT2D eigenvalue weighted by molar-refractivity contribution is -0.142. The lowest BCUT2D eigenvalue weighted by Crippen LogP contribution is -2.34. The molecule has 0 saturated heterocycles. The van der Waals surface area contributed by atoms with Crippen molar-refractivity contribution in [2.75, 3.05) is 139 Å². The molecule has 0 unspecified atom stereocenters. The van der Waals surface area contributed by atoms with Crippen LogP contribution in [0.15, 0.2) is 91.0 Å². The Morgan fingerprint density at radius 1 is 0.352 bits per heavy atom. The third-order valence-corrected chi connectivity index (χ3v) is 7.66. The molecular weight excluding hydrogens is 700 g/mol. The van der Waals surface area contributed by atoms with Crippen molar-refractivity contribution in [3.63, 3.8) is 0 Å². The maximum absolute atomic E-state index is 10.3. The van der Waals surface area contributed by atoms with Crippen molar-refractivity contribution in [1.29, 1.82) is 0 Å². The Bertz CT molecular complexity index is 1190. The summed E-state index contributed by atoms with van der Waals surface area (Å²) in [6, 6.07) is 30.9. The van der Waals surface area contributed by atoms with Gasteiger partial charge < -0.3 is 57.2 Å². The first-order valence-corrected chi connectivity index (χ1v) is 18.5. The lowest BCUT2D eigenvalue weighted by Gasteiger charge is -2.36. The van der Waals surface area contributed by atoms with Crippen molar-refractivity contribution in [3.05, 3.63) is 108 Å². The van der Waals surface area contributed by atoms with Gasteiger partial charge in [0.05, 0.1) is 132 Å². The SMILES string of the molecule is O=C(O)COCCOCCOCCOCCOCCOCCOCCOCCOCCOCCOC(c1ccccc1)(c1ccccc1)c1ccccc1. The fraction of sp³-hybridized carbons (Fsp3) is 0.537. The van der Waals surface area contributed by atoms with E-state index in [4.69, 9.17) is 57.2 Å². The molecule has 0 aliphatic heterocycles. The van der Waals surface area contributed by atoms with Gasteiger partial charge >= 0.3 is 5.97 Å². The van der Waals surface area contributed by atoms with E-state index >= 15 is 0 Å². The molecule has 0 radical (unpaired) electrons. The van der Waals surface area contributed by atoms with Gasteiger partial charge in [-0.2, -0.15) is 0 Å². The Hall–Kier alpha value is -3.31. The Kier molecular flexibility index (Phi) is 25.8. The van der Waals surface area contributed by atoms with Gasteiger partial charge in [-0.25, -0.2) is 4.79 Å². The second-order valence-electron chi connectivity index (χ2n) is 11.6. The van der Waals surface area contributed by atoms with Crippen molar-refractivity contribution >= 4 is 5.97 Å². The van der Waals surface area contributed by atoms with Crippen LogP contribution in [0.25, 0.3) is 0 Å². The van der Waals surface area contributed by atoms with E-state index in [0.29, 0.717) is 126 Å². The summed E-state index contributed by atoms with van der Waals surface area (Å²) < 4.78 is 61.2. The zero-order valence-corrected chi connectivity index (χ0v) is 31.4. The summed E-state index contributed by atoms with van der Waals surface area (Å²) in [5.41, 5.74) is 2.43. The molecule has 3 aromatic rings. The van der Waals surface area contributed by atoms with Crippen LogP contribution in [-0.2, 0) is 62.5 Å². The van der Waals surface area contributed by atoms with E-state index in [1.807, 2.05) is 54.6 Å². The third-order valence-electron chi connectivity index (χ3n) is 7.66. The maximum Gasteiger partial charge on any atom is 0.329 e. The number of carbonyl (C=O) groups is 1. The molecule has 0 aromatic heterocycles. The van der Waals surface area contributed by atoms with E-state index in [9.17, 15) is 4.79 Å². The van der Waals surface area contributed by atoms with Crippen molar-refractivity contribution in [2.45, 2.75) is 5.60 Å². The highest BCUT2D eigenvalue weighted by Gasteiger charge is 2.37. The van der Waals surface area contributed by atoms with Gasteiger partial charge in [0.25, 0.3) is 0 Å². The molecule has 0 aliphatic rings. The number of carboxylic acids is 1. The average molecular weight is 759 g/mol. The number of aliphatic carboxylic acids is 1. The van der Waals surface area contributed by atoms with Crippen molar-refractivity contribution in [1.82, 2.24) is 0 Å². The van der Waals surface area contributed by atoms with E-state index in [1.165, 1.54) is 0 Å². The maximum atomic E-state index is 10.3. The molecule has 13 nitrogen and oxygen atoms in total. The number of carboxylic acid groups (broad SMARTS) is 1. The molecule has 13 heteroatoms. The second kappa shape index (κ2) is 31.0. The first-order chi connectivity index (χ1) is 26.7. The van der Waals surface area contributed by atoms with Crippen LogP contribution in [0, 0.1) is 0 Å². The molecule has 0 aliphatic carbocycles. The molecule has 0 heterocycles. The average Bonchev–Trinajstić information content (AvgIpc) is 3.20. The van der Waals surface area contributed by atoms with Crippen LogP contribution >= 0.6 is 0 Å². The van der Waals surface area contributed by atoms with E-state index in [1.54, 1.807) is 0 Å². The summed E-state index contributed by atoms with van der Waals surface area (Å²) in [6.45, 7) is 8.58. The molecular formula is C41H58O13. The third kappa shape index (κ3) is 19.9. The summed E-state index contributed by atoms with van der Waals surface area (Å²) in [5.74, 6) is -0.997. The van der Waals surface area contributed by atoms with Gasteiger partial charge in [-0.3, -0.25) is 0 Å². The standard InChI is InChI=1S/C41H58O13/c42-40(43)36-53-33-32-51-29-28-49-25-24-47-21-20-45-17-16-44-18-19-46-22-23-48-26-27-50-30-31-52-34-35-54-41(37-10-4-1-5-11-37,38-12-6-2-7-13-38)39-14-8-3-9-15-39/h1-15H,16-36H2,(H,42,43). The first kappa shape index (κ1) is 45.1. The largest absolute Gasteiger partial charge is 0.480 e. The van der Waals surface area contributed by atoms with Gasteiger partial charge in [0.2, 0.25) is 0 Å². The first-order valence-electron chi connectivity index (χ1n) is 18.5. The summed E-state index contributed by atoms with van der Waals surface area (Å²) in [4.78, 5) is 10.3. The Labute approximate surface area is 319 Å². The minimum absolute atomic E-state index is 0.238. The van der Waals surface area contributed by atoms with E-state index in [0.717, 1.165) is 16.7 Å². The molecule has 3 rings (SSSR count). The van der Waals surface area contributed by atoms with Crippen LogP contribution in [0.2, 0.25) is 0 Å². The van der Waals surface area contributed by atoms with E-state index < -0.39 is 11.6 Å². The van der Waals surface area contributed by atoms with Gasteiger partial charge in [-0.05, 0) is 16.7 Å². The summed E-state index contributed by atoms with van der Waals surface area (Å²) >= 11 is 0. The van der Waals surface area contributed by atoms with Gasteiger partial charge in [0.1, 0.15) is 12.2 Å². The van der Waals surface area contributed by atoms with Crippen LogP contribution in [0.5, 0.6) is 0 Å². The highest BCUT2D eigenvalue weighted by Crippen LogP contribution is 2.40. The Morgan fingerprint density at radius 2 is 0.574 bits per heavy atom. The predicted octanol–water partition coefficient (Wildman–Crippen LogP) is 4.25. The molecule has 0 bridgehead atoms. The molecule has 3 aromatic carbocycles. The number of rotatable bonds is 36. The van der Waals surface area contributed by atoms with Gasteiger partial charge in [0.15, 0.2) is 0 Å². The summed E-state index contributed by atoms with van der Waals surface area (Å²) in [5, 5.41) is 8.45. The molecule has 300 valence electrons. The van der Waals surface area contributed by atoms with Crippen molar-refractivity contribution in [2.24, 2.45) is 0 Å². The highest BCUT2D eigenvalue weighted by molar-refractivity contribution is 5.67. The van der Waals surface area contributed by atoms with Gasteiger partial charge in [-0.15, -0.1) is 0 Å². The zero-order chi connectivity index (χ0) is 38.0. The molecule has 0 fully saturated rings. The predicted molar refractivity (Wildman–Crippen MR) is 201 cm³/mol. The Morgan fingerprint density at radius 3 is 0.815 bits per heavy atom. The lowest BCUT2D eigenvalue weighted by atomic mass is 9.80. The van der Waals surface area contributed by atoms with Crippen molar-refractivity contribution in [3.8, 4) is 0 Å². The quantitative estimate of drug-likeness (QED) is 0.0669. The number of hydrogen-bond donors (Lipinski definition) is 1. The molecule has 54 heavy (non-hydrogen) atoms. The topological polar surface area (TPSA) is 139 Å². The fourth-order valence-electron chi connectivity index (χ4n) is 5.16. The molecule has 0 saturated carbocycles. The molecule has 1 N–H and O–H groups in total. The number of hydrogen-bond acceptors (Lipinski definition) is 12. The minimum Gasteiger partial charge on any atom is -0.480 e. The van der Waals surface area contributed by atoms with E-state index in [2.05, 4.69) is 36.4 Å². The molecule has 0 atom stereocenters. The fourth-order valence-corrected chi connectivity index (χ4v) is 5.16. The van der Waals surface area contributed by atoms with Gasteiger partial charge in [0, 0.05) is 0 Å². The molecule has 0 spiro atoms. The van der Waals surface area contributed by atoms with E-state index in [-0.39, 0.29) is 13.2 Å². The summed E-state index contributed by atoms with van der Waals surface area (Å²) in [6.07, 6.45) is 0. The minimum atomic E-state index is -0.997. The van der Waals surface area contributed by atoms with Gasteiger partial charge in [-0.1, -0.05) is 91.0 Å². The number of ether oxygens (including phenoxy) is 11. The molecule has 0 amide bonds. The normalized spacial score (nSPS) is 11.6. The highest BCUT2D eigenvalue weighted by atomic mass is 16.6. The number of benzene rings is 3. The monoisotopic (exact) mass is 758 g/mol. The van der Waals surface area contributed by atoms with Crippen LogP contribution in [0.3, 0.4) is 0 Å². The zero-order valence-electron chi connectivity index (χ0n) is 31.4.